The second-order valence-electron chi connectivity index (χ2n) is 5.27. The van der Waals surface area contributed by atoms with Crippen LogP contribution in [-0.4, -0.2) is 38.1 Å². The Bertz CT molecular complexity index is 471. The fraction of sp³-hybridized carbons (Fsp3) is 0.556. The molecule has 1 aromatic carbocycles. The summed E-state index contributed by atoms with van der Waals surface area (Å²) in [5, 5.41) is 12.9. The molecule has 0 aromatic heterocycles. The zero-order chi connectivity index (χ0) is 17.6. The van der Waals surface area contributed by atoms with Crippen molar-refractivity contribution in [2.45, 2.75) is 40.8 Å². The molecule has 0 amide bonds. The van der Waals surface area contributed by atoms with Crippen molar-refractivity contribution in [3.8, 4) is 0 Å². The third-order valence-corrected chi connectivity index (χ3v) is 3.21. The van der Waals surface area contributed by atoms with Crippen LogP contribution in [0.4, 0.5) is 0 Å². The SMILES string of the molecule is CCNC(=NCc1cccc(CN=C(NCC)NCC)c1)NCC.I. The second-order valence-corrected chi connectivity index (χ2v) is 5.27. The molecule has 0 heterocycles. The molecular weight excluding hydrogens is 427 g/mol. The smallest absolute Gasteiger partial charge is 0.191 e. The van der Waals surface area contributed by atoms with Crippen molar-refractivity contribution in [1.29, 1.82) is 0 Å². The van der Waals surface area contributed by atoms with E-state index >= 15 is 0 Å². The minimum atomic E-state index is 0. The summed E-state index contributed by atoms with van der Waals surface area (Å²) in [7, 11) is 0. The van der Waals surface area contributed by atoms with Gasteiger partial charge in [-0.15, -0.1) is 24.0 Å². The minimum absolute atomic E-state index is 0. The van der Waals surface area contributed by atoms with Crippen LogP contribution in [0.5, 0.6) is 0 Å². The Morgan fingerprint density at radius 3 is 1.40 bits per heavy atom. The van der Waals surface area contributed by atoms with E-state index in [-0.39, 0.29) is 24.0 Å². The molecule has 0 saturated heterocycles. The average Bonchev–Trinajstić information content (AvgIpc) is 2.59. The van der Waals surface area contributed by atoms with Gasteiger partial charge in [0, 0.05) is 26.2 Å². The van der Waals surface area contributed by atoms with Crippen LogP contribution in [-0.2, 0) is 13.1 Å². The van der Waals surface area contributed by atoms with Crippen LogP contribution in [0.25, 0.3) is 0 Å². The topological polar surface area (TPSA) is 72.8 Å². The number of rotatable bonds is 8. The Kier molecular flexibility index (Phi) is 13.9. The molecule has 25 heavy (non-hydrogen) atoms. The van der Waals surface area contributed by atoms with Crippen molar-refractivity contribution in [3.63, 3.8) is 0 Å². The van der Waals surface area contributed by atoms with Crippen molar-refractivity contribution < 1.29 is 0 Å². The monoisotopic (exact) mass is 460 g/mol. The van der Waals surface area contributed by atoms with Gasteiger partial charge >= 0.3 is 0 Å². The van der Waals surface area contributed by atoms with Gasteiger partial charge in [0.05, 0.1) is 13.1 Å². The molecule has 142 valence electrons. The number of aliphatic imine (C=N–C) groups is 2. The van der Waals surface area contributed by atoms with E-state index in [0.717, 1.165) is 38.1 Å². The van der Waals surface area contributed by atoms with Crippen LogP contribution in [0.3, 0.4) is 0 Å². The Labute approximate surface area is 169 Å². The van der Waals surface area contributed by atoms with E-state index in [0.29, 0.717) is 13.1 Å². The van der Waals surface area contributed by atoms with Crippen LogP contribution in [0.15, 0.2) is 34.3 Å². The quantitative estimate of drug-likeness (QED) is 0.273. The standard InChI is InChI=1S/C18H32N6.HI/c1-5-19-17(20-6-2)23-13-15-10-9-11-16(12-15)14-24-18(21-7-3)22-8-4;/h9-12H,5-8,13-14H2,1-4H3,(H2,19,20,23)(H2,21,22,24);1H. The van der Waals surface area contributed by atoms with Gasteiger partial charge in [-0.2, -0.15) is 0 Å². The van der Waals surface area contributed by atoms with Gasteiger partial charge < -0.3 is 21.3 Å². The molecule has 0 spiro atoms. The molecule has 0 radical (unpaired) electrons. The molecule has 7 heteroatoms. The molecule has 0 fully saturated rings. The lowest BCUT2D eigenvalue weighted by atomic mass is 10.1. The van der Waals surface area contributed by atoms with E-state index in [1.54, 1.807) is 0 Å². The average molecular weight is 460 g/mol. The van der Waals surface area contributed by atoms with Gasteiger partial charge in [0.1, 0.15) is 0 Å². The lowest BCUT2D eigenvalue weighted by Crippen LogP contribution is -2.37. The van der Waals surface area contributed by atoms with Crippen molar-refractivity contribution in [3.05, 3.63) is 35.4 Å². The highest BCUT2D eigenvalue weighted by Gasteiger charge is 1.99. The fourth-order valence-electron chi connectivity index (χ4n) is 2.19. The van der Waals surface area contributed by atoms with Gasteiger partial charge in [-0.1, -0.05) is 24.3 Å². The molecule has 0 aliphatic carbocycles. The minimum Gasteiger partial charge on any atom is -0.357 e. The van der Waals surface area contributed by atoms with E-state index < -0.39 is 0 Å². The van der Waals surface area contributed by atoms with Gasteiger partial charge in [-0.3, -0.25) is 0 Å². The second kappa shape index (κ2) is 14.8. The van der Waals surface area contributed by atoms with Crippen molar-refractivity contribution >= 4 is 35.9 Å². The molecule has 0 saturated carbocycles. The van der Waals surface area contributed by atoms with Crippen molar-refractivity contribution in [2.75, 3.05) is 26.2 Å². The number of hydrogen-bond acceptors (Lipinski definition) is 2. The molecule has 6 nitrogen and oxygen atoms in total. The van der Waals surface area contributed by atoms with Crippen LogP contribution in [0.2, 0.25) is 0 Å². The van der Waals surface area contributed by atoms with Crippen LogP contribution in [0.1, 0.15) is 38.8 Å². The maximum atomic E-state index is 4.60. The third-order valence-electron chi connectivity index (χ3n) is 3.21. The number of halogens is 1. The van der Waals surface area contributed by atoms with Gasteiger partial charge in [0.25, 0.3) is 0 Å². The van der Waals surface area contributed by atoms with E-state index in [4.69, 9.17) is 0 Å². The number of benzene rings is 1. The number of hydrogen-bond donors (Lipinski definition) is 4. The molecule has 0 bridgehead atoms. The Balaban J connectivity index is 0.00000576. The number of guanidine groups is 2. The zero-order valence-electron chi connectivity index (χ0n) is 15.9. The molecule has 1 rings (SSSR count). The number of nitrogens with one attached hydrogen (secondary N) is 4. The normalized spacial score (nSPS) is 9.44. The van der Waals surface area contributed by atoms with Crippen LogP contribution in [0, 0.1) is 0 Å². The predicted molar refractivity (Wildman–Crippen MR) is 119 cm³/mol. The van der Waals surface area contributed by atoms with E-state index in [2.05, 4.69) is 83.2 Å². The summed E-state index contributed by atoms with van der Waals surface area (Å²) in [6.07, 6.45) is 0. The molecule has 0 aliphatic rings. The Morgan fingerprint density at radius 2 is 1.08 bits per heavy atom. The van der Waals surface area contributed by atoms with E-state index in [9.17, 15) is 0 Å². The summed E-state index contributed by atoms with van der Waals surface area (Å²) in [6, 6.07) is 8.43. The molecular formula is C18H33IN6. The first-order chi connectivity index (χ1) is 11.7. The highest BCUT2D eigenvalue weighted by atomic mass is 127. The fourth-order valence-corrected chi connectivity index (χ4v) is 2.19. The van der Waals surface area contributed by atoms with Gasteiger partial charge in [-0.25, -0.2) is 9.98 Å². The third kappa shape index (κ3) is 10.2. The predicted octanol–water partition coefficient (Wildman–Crippen LogP) is 2.45. The first kappa shape index (κ1) is 23.5. The zero-order valence-corrected chi connectivity index (χ0v) is 18.2. The van der Waals surface area contributed by atoms with E-state index in [1.165, 1.54) is 11.1 Å². The van der Waals surface area contributed by atoms with Gasteiger partial charge in [0.15, 0.2) is 11.9 Å². The van der Waals surface area contributed by atoms with Gasteiger partial charge in [-0.05, 0) is 38.8 Å². The molecule has 0 unspecified atom stereocenters. The lowest BCUT2D eigenvalue weighted by molar-refractivity contribution is 0.836. The Hall–Kier alpha value is -1.51. The number of nitrogens with zero attached hydrogens (tertiary/aromatic N) is 2. The Morgan fingerprint density at radius 1 is 0.720 bits per heavy atom. The highest BCUT2D eigenvalue weighted by molar-refractivity contribution is 14.0. The van der Waals surface area contributed by atoms with Crippen LogP contribution >= 0.6 is 24.0 Å². The largest absolute Gasteiger partial charge is 0.357 e. The van der Waals surface area contributed by atoms with Crippen LogP contribution < -0.4 is 21.3 Å². The molecule has 1 aromatic rings. The maximum Gasteiger partial charge on any atom is 0.191 e. The summed E-state index contributed by atoms with van der Waals surface area (Å²) in [6.45, 7) is 13.0. The van der Waals surface area contributed by atoms with Crippen molar-refractivity contribution in [1.82, 2.24) is 21.3 Å². The first-order valence-corrected chi connectivity index (χ1v) is 8.85. The summed E-state index contributed by atoms with van der Waals surface area (Å²) in [4.78, 5) is 9.21. The highest BCUT2D eigenvalue weighted by Crippen LogP contribution is 2.08. The summed E-state index contributed by atoms with van der Waals surface area (Å²) in [5.41, 5.74) is 2.37. The summed E-state index contributed by atoms with van der Waals surface area (Å²) in [5.74, 6) is 1.70. The summed E-state index contributed by atoms with van der Waals surface area (Å²) >= 11 is 0. The lowest BCUT2D eigenvalue weighted by Gasteiger charge is -2.10. The maximum absolute atomic E-state index is 4.60. The molecule has 0 atom stereocenters. The van der Waals surface area contributed by atoms with E-state index in [1.807, 2.05) is 0 Å². The molecule has 4 N–H and O–H groups in total. The van der Waals surface area contributed by atoms with Gasteiger partial charge in [0.2, 0.25) is 0 Å². The molecule has 0 aliphatic heterocycles. The summed E-state index contributed by atoms with van der Waals surface area (Å²) < 4.78 is 0. The van der Waals surface area contributed by atoms with Crippen molar-refractivity contribution in [2.24, 2.45) is 9.98 Å². The first-order valence-electron chi connectivity index (χ1n) is 8.85.